The zero-order valence-electron chi connectivity index (χ0n) is 16.2. The second-order valence-corrected chi connectivity index (χ2v) is 6.87. The van der Waals surface area contributed by atoms with Gasteiger partial charge in [0.15, 0.2) is 11.6 Å². The molecule has 1 aromatic carbocycles. The summed E-state index contributed by atoms with van der Waals surface area (Å²) in [5.41, 5.74) is 1.10. The van der Waals surface area contributed by atoms with Gasteiger partial charge in [-0.2, -0.15) is 5.10 Å². The molecule has 1 aliphatic heterocycles. The van der Waals surface area contributed by atoms with Crippen LogP contribution < -0.4 is 15.0 Å². The van der Waals surface area contributed by atoms with Crippen LogP contribution in [0.2, 0.25) is 0 Å². The maximum atomic E-state index is 13.4. The molecule has 0 spiro atoms. The van der Waals surface area contributed by atoms with E-state index in [1.807, 2.05) is 0 Å². The number of ether oxygens (including phenoxy) is 1. The molecule has 4 rings (SSSR count). The molecule has 1 N–H and O–H groups in total. The maximum absolute atomic E-state index is 13.4. The van der Waals surface area contributed by atoms with Crippen molar-refractivity contribution >= 4 is 17.5 Å². The van der Waals surface area contributed by atoms with E-state index in [-0.39, 0.29) is 24.8 Å². The van der Waals surface area contributed by atoms with E-state index in [0.717, 1.165) is 12.1 Å². The number of nitrogens with one attached hydrogen (secondary N) is 1. The SMILES string of the molecule is CN1C(=O)[C@@H](NC(=O)c2cn(Cc3ccc(F)c(F)c3)cn2)COc2c1cnn2C. The van der Waals surface area contributed by atoms with Gasteiger partial charge in [-0.1, -0.05) is 6.07 Å². The van der Waals surface area contributed by atoms with Gasteiger partial charge in [0.05, 0.1) is 12.5 Å². The number of hydrogen-bond donors (Lipinski definition) is 1. The van der Waals surface area contributed by atoms with E-state index in [9.17, 15) is 18.4 Å². The number of imidazole rings is 1. The molecule has 156 valence electrons. The lowest BCUT2D eigenvalue weighted by atomic mass is 10.2. The minimum absolute atomic E-state index is 0.0585. The number of halogens is 2. The largest absolute Gasteiger partial charge is 0.474 e. The normalized spacial score (nSPS) is 16.1. The summed E-state index contributed by atoms with van der Waals surface area (Å²) in [5.74, 6) is -2.35. The number of anilines is 1. The van der Waals surface area contributed by atoms with Crippen molar-refractivity contribution in [1.82, 2.24) is 24.6 Å². The van der Waals surface area contributed by atoms with E-state index in [0.29, 0.717) is 17.1 Å². The monoisotopic (exact) mass is 416 g/mol. The van der Waals surface area contributed by atoms with Crippen LogP contribution in [-0.2, 0) is 18.4 Å². The Kier molecular flexibility index (Phi) is 4.94. The molecule has 0 aliphatic carbocycles. The molecule has 0 bridgehead atoms. The topological polar surface area (TPSA) is 94.3 Å². The van der Waals surface area contributed by atoms with Gasteiger partial charge in [0.2, 0.25) is 5.88 Å². The first-order valence-corrected chi connectivity index (χ1v) is 9.02. The van der Waals surface area contributed by atoms with Crippen molar-refractivity contribution in [1.29, 1.82) is 0 Å². The highest BCUT2D eigenvalue weighted by atomic mass is 19.2. The van der Waals surface area contributed by atoms with Crippen LogP contribution in [0.5, 0.6) is 5.88 Å². The van der Waals surface area contributed by atoms with Crippen molar-refractivity contribution < 1.29 is 23.1 Å². The van der Waals surface area contributed by atoms with Gasteiger partial charge in [0, 0.05) is 26.8 Å². The molecular formula is C19H18F2N6O3. The average molecular weight is 416 g/mol. The van der Waals surface area contributed by atoms with Crippen molar-refractivity contribution in [2.45, 2.75) is 12.6 Å². The first kappa shape index (κ1) is 19.6. The van der Waals surface area contributed by atoms with Gasteiger partial charge in [-0.05, 0) is 17.7 Å². The number of aryl methyl sites for hydroxylation is 1. The summed E-state index contributed by atoms with van der Waals surface area (Å²) in [4.78, 5) is 30.7. The third-order valence-electron chi connectivity index (χ3n) is 4.76. The van der Waals surface area contributed by atoms with Crippen LogP contribution in [-0.4, -0.2) is 50.8 Å². The summed E-state index contributed by atoms with van der Waals surface area (Å²) in [6, 6.07) is 2.66. The number of fused-ring (bicyclic) bond motifs is 1. The zero-order chi connectivity index (χ0) is 21.4. The van der Waals surface area contributed by atoms with Gasteiger partial charge >= 0.3 is 0 Å². The van der Waals surface area contributed by atoms with Crippen LogP contribution in [0.1, 0.15) is 16.1 Å². The van der Waals surface area contributed by atoms with E-state index in [1.165, 1.54) is 34.4 Å². The molecule has 3 heterocycles. The summed E-state index contributed by atoms with van der Waals surface area (Å²) in [5, 5.41) is 6.68. The third kappa shape index (κ3) is 3.61. The second-order valence-electron chi connectivity index (χ2n) is 6.87. The Morgan fingerprint density at radius 2 is 2.10 bits per heavy atom. The van der Waals surface area contributed by atoms with Gasteiger partial charge in [0.1, 0.15) is 24.0 Å². The highest BCUT2D eigenvalue weighted by Crippen LogP contribution is 2.29. The molecule has 30 heavy (non-hydrogen) atoms. The molecule has 0 saturated heterocycles. The number of carbonyl (C=O) groups is 2. The second kappa shape index (κ2) is 7.58. The van der Waals surface area contributed by atoms with Gasteiger partial charge < -0.3 is 19.5 Å². The Bertz CT molecular complexity index is 1130. The van der Waals surface area contributed by atoms with Crippen LogP contribution in [0.25, 0.3) is 0 Å². The molecule has 2 amide bonds. The lowest BCUT2D eigenvalue weighted by Gasteiger charge is -2.19. The van der Waals surface area contributed by atoms with Crippen molar-refractivity contribution in [2.75, 3.05) is 18.6 Å². The summed E-state index contributed by atoms with van der Waals surface area (Å²) in [7, 11) is 3.27. The highest BCUT2D eigenvalue weighted by Gasteiger charge is 2.32. The number of amides is 2. The fourth-order valence-electron chi connectivity index (χ4n) is 3.15. The van der Waals surface area contributed by atoms with Crippen LogP contribution in [0.15, 0.2) is 36.9 Å². The van der Waals surface area contributed by atoms with Crippen molar-refractivity contribution in [3.63, 3.8) is 0 Å². The first-order valence-electron chi connectivity index (χ1n) is 9.02. The Balaban J connectivity index is 1.44. The average Bonchev–Trinajstić information content (AvgIpc) is 3.31. The number of likely N-dealkylation sites (N-methyl/N-ethyl adjacent to an activating group) is 1. The van der Waals surface area contributed by atoms with Gasteiger partial charge in [-0.25, -0.2) is 18.4 Å². The van der Waals surface area contributed by atoms with Crippen LogP contribution in [0.3, 0.4) is 0 Å². The smallest absolute Gasteiger partial charge is 0.272 e. The van der Waals surface area contributed by atoms with E-state index in [4.69, 9.17) is 4.74 Å². The predicted octanol–water partition coefficient (Wildman–Crippen LogP) is 1.10. The molecule has 0 saturated carbocycles. The molecule has 2 aromatic heterocycles. The van der Waals surface area contributed by atoms with E-state index >= 15 is 0 Å². The summed E-state index contributed by atoms with van der Waals surface area (Å²) in [6.07, 6.45) is 4.37. The minimum atomic E-state index is -0.947. The summed E-state index contributed by atoms with van der Waals surface area (Å²) in [6.45, 7) is 0.144. The molecule has 1 aliphatic rings. The Hall–Kier alpha value is -3.76. The fraction of sp³-hybridized carbons (Fsp3) is 0.263. The summed E-state index contributed by atoms with van der Waals surface area (Å²) < 4.78 is 35.1. The number of nitrogens with zero attached hydrogens (tertiary/aromatic N) is 5. The lowest BCUT2D eigenvalue weighted by Crippen LogP contribution is -2.49. The predicted molar refractivity (Wildman–Crippen MR) is 101 cm³/mol. The molecular weight excluding hydrogens is 398 g/mol. The number of benzene rings is 1. The lowest BCUT2D eigenvalue weighted by molar-refractivity contribution is -0.120. The van der Waals surface area contributed by atoms with Gasteiger partial charge in [-0.3, -0.25) is 9.59 Å². The first-order chi connectivity index (χ1) is 14.3. The Morgan fingerprint density at radius 1 is 1.30 bits per heavy atom. The zero-order valence-corrected chi connectivity index (χ0v) is 16.2. The van der Waals surface area contributed by atoms with E-state index < -0.39 is 23.6 Å². The number of aromatic nitrogens is 4. The third-order valence-corrected chi connectivity index (χ3v) is 4.76. The molecule has 9 nitrogen and oxygen atoms in total. The minimum Gasteiger partial charge on any atom is -0.474 e. The van der Waals surface area contributed by atoms with Crippen LogP contribution in [0, 0.1) is 11.6 Å². The van der Waals surface area contributed by atoms with Crippen LogP contribution in [0.4, 0.5) is 14.5 Å². The molecule has 1 atom stereocenters. The summed E-state index contributed by atoms with van der Waals surface area (Å²) >= 11 is 0. The van der Waals surface area contributed by atoms with Crippen molar-refractivity contribution in [2.24, 2.45) is 7.05 Å². The van der Waals surface area contributed by atoms with Crippen LogP contribution >= 0.6 is 0 Å². The quantitative estimate of drug-likeness (QED) is 0.687. The molecule has 11 heteroatoms. The Morgan fingerprint density at radius 3 is 2.87 bits per heavy atom. The van der Waals surface area contributed by atoms with Gasteiger partial charge in [-0.15, -0.1) is 0 Å². The molecule has 0 fully saturated rings. The Labute approximate surface area is 169 Å². The molecule has 0 radical (unpaired) electrons. The maximum Gasteiger partial charge on any atom is 0.272 e. The molecule has 0 unspecified atom stereocenters. The number of carbonyl (C=O) groups excluding carboxylic acids is 2. The fourth-order valence-corrected chi connectivity index (χ4v) is 3.15. The van der Waals surface area contributed by atoms with E-state index in [1.54, 1.807) is 18.7 Å². The van der Waals surface area contributed by atoms with Gasteiger partial charge in [0.25, 0.3) is 11.8 Å². The molecule has 3 aromatic rings. The number of rotatable bonds is 4. The van der Waals surface area contributed by atoms with Crippen molar-refractivity contribution in [3.8, 4) is 5.88 Å². The van der Waals surface area contributed by atoms with E-state index in [2.05, 4.69) is 15.4 Å². The number of hydrogen-bond acceptors (Lipinski definition) is 5. The highest BCUT2D eigenvalue weighted by molar-refractivity contribution is 6.02. The van der Waals surface area contributed by atoms with Crippen molar-refractivity contribution in [3.05, 3.63) is 59.8 Å². The standard InChI is InChI=1S/C19H18F2N6O3/c1-25-16-6-23-26(2)19(16)30-9-15(18(25)29)24-17(28)14-8-27(10-22-14)7-11-3-4-12(20)13(21)5-11/h3-6,8,10,15H,7,9H2,1-2H3,(H,24,28)/t15-/m0/s1.